The van der Waals surface area contributed by atoms with Gasteiger partial charge in [-0.2, -0.15) is 0 Å². The van der Waals surface area contributed by atoms with Crippen LogP contribution in [0.1, 0.15) is 37.3 Å². The lowest BCUT2D eigenvalue weighted by atomic mass is 9.72. The van der Waals surface area contributed by atoms with Gasteiger partial charge in [0.25, 0.3) is 0 Å². The molecule has 0 aliphatic carbocycles. The number of amides is 1. The second-order valence-corrected chi connectivity index (χ2v) is 10.1. The van der Waals surface area contributed by atoms with E-state index in [0.717, 1.165) is 44.6 Å². The van der Waals surface area contributed by atoms with Crippen LogP contribution in [0.25, 0.3) is 0 Å². The third-order valence-electron chi connectivity index (χ3n) is 7.91. The highest BCUT2D eigenvalue weighted by atomic mass is 19.1. The van der Waals surface area contributed by atoms with Crippen molar-refractivity contribution in [2.45, 2.75) is 43.9 Å². The number of likely N-dealkylation sites (tertiary alicyclic amines) is 1. The Labute approximate surface area is 216 Å². The fourth-order valence-corrected chi connectivity index (χ4v) is 5.78. The molecule has 1 N–H and O–H groups in total. The van der Waals surface area contributed by atoms with Gasteiger partial charge >= 0.3 is 6.09 Å². The number of ether oxygens (including phenoxy) is 1. The van der Waals surface area contributed by atoms with Crippen molar-refractivity contribution in [1.29, 1.82) is 0 Å². The molecule has 0 spiro atoms. The number of halogens is 2. The topological polar surface area (TPSA) is 53.0 Å². The van der Waals surface area contributed by atoms with Crippen molar-refractivity contribution in [2.75, 3.05) is 24.5 Å². The first-order chi connectivity index (χ1) is 17.9. The van der Waals surface area contributed by atoms with Crippen LogP contribution < -0.4 is 4.90 Å². The molecule has 194 valence electrons. The average Bonchev–Trinajstić information content (AvgIpc) is 3.21. The Hall–Kier alpha value is -3.29. The maximum Gasteiger partial charge on any atom is 0.415 e. The summed E-state index contributed by atoms with van der Waals surface area (Å²) in [7, 11) is 0. The van der Waals surface area contributed by atoms with Crippen molar-refractivity contribution in [3.63, 3.8) is 0 Å². The minimum Gasteiger partial charge on any atom is -0.444 e. The van der Waals surface area contributed by atoms with E-state index in [1.807, 2.05) is 37.3 Å². The largest absolute Gasteiger partial charge is 0.444 e. The standard InChI is InChI=1S/C30H32F2N2O3/c1-21-28(37-29(35)34(21)27-5-3-2-4-6-27)17-20-33-18-15-24(16-19-33)30(36,22-7-11-25(31)12-8-22)23-9-13-26(32)14-10-23/h2-14,21,24,28,36H,15-20H2,1H3. The van der Waals surface area contributed by atoms with Gasteiger partial charge in [0.15, 0.2) is 0 Å². The molecule has 0 radical (unpaired) electrons. The van der Waals surface area contributed by atoms with Crippen molar-refractivity contribution in [3.8, 4) is 0 Å². The molecule has 2 atom stereocenters. The third kappa shape index (κ3) is 5.11. The molecule has 2 saturated heterocycles. The van der Waals surface area contributed by atoms with Gasteiger partial charge in [-0.25, -0.2) is 13.6 Å². The number of nitrogens with zero attached hydrogens (tertiary/aromatic N) is 2. The number of hydrogen-bond donors (Lipinski definition) is 1. The second kappa shape index (κ2) is 10.6. The van der Waals surface area contributed by atoms with Crippen LogP contribution in [0.4, 0.5) is 19.3 Å². The number of para-hydroxylation sites is 1. The summed E-state index contributed by atoms with van der Waals surface area (Å²) in [5.74, 6) is -0.850. The van der Waals surface area contributed by atoms with E-state index in [9.17, 15) is 18.7 Å². The number of carbonyl (C=O) groups is 1. The number of rotatable bonds is 7. The maximum absolute atomic E-state index is 13.6. The molecule has 5 nitrogen and oxygen atoms in total. The van der Waals surface area contributed by atoms with E-state index in [2.05, 4.69) is 4.90 Å². The first-order valence-electron chi connectivity index (χ1n) is 12.9. The normalized spacial score (nSPS) is 21.3. The first-order valence-corrected chi connectivity index (χ1v) is 12.9. The Morgan fingerprint density at radius 1 is 0.892 bits per heavy atom. The zero-order valence-corrected chi connectivity index (χ0v) is 20.9. The summed E-state index contributed by atoms with van der Waals surface area (Å²) in [5, 5.41) is 12.0. The van der Waals surface area contributed by atoms with Gasteiger partial charge in [0.1, 0.15) is 23.3 Å². The average molecular weight is 507 g/mol. The van der Waals surface area contributed by atoms with Gasteiger partial charge < -0.3 is 14.7 Å². The van der Waals surface area contributed by atoms with E-state index in [4.69, 9.17) is 4.74 Å². The summed E-state index contributed by atoms with van der Waals surface area (Å²) < 4.78 is 33.0. The molecule has 0 bridgehead atoms. The molecular weight excluding hydrogens is 474 g/mol. The van der Waals surface area contributed by atoms with Gasteiger partial charge in [0.2, 0.25) is 0 Å². The zero-order chi connectivity index (χ0) is 26.0. The van der Waals surface area contributed by atoms with Gasteiger partial charge in [-0.1, -0.05) is 42.5 Å². The molecule has 3 aromatic rings. The minimum absolute atomic E-state index is 0.0607. The van der Waals surface area contributed by atoms with Crippen LogP contribution in [0.2, 0.25) is 0 Å². The SMILES string of the molecule is CC1C(CCN2CCC(C(O)(c3ccc(F)cc3)c3ccc(F)cc3)CC2)OC(=O)N1c1ccccc1. The molecule has 2 aliphatic rings. The molecule has 1 amide bonds. The number of hydrogen-bond acceptors (Lipinski definition) is 4. The summed E-state index contributed by atoms with van der Waals surface area (Å²) in [6.45, 7) is 4.34. The monoisotopic (exact) mass is 506 g/mol. The van der Waals surface area contributed by atoms with Crippen molar-refractivity contribution >= 4 is 11.8 Å². The van der Waals surface area contributed by atoms with Gasteiger partial charge in [-0.05, 0) is 92.7 Å². The molecule has 7 heteroatoms. The number of piperidine rings is 1. The second-order valence-electron chi connectivity index (χ2n) is 10.1. The molecule has 37 heavy (non-hydrogen) atoms. The van der Waals surface area contributed by atoms with Crippen LogP contribution in [-0.4, -0.2) is 47.9 Å². The van der Waals surface area contributed by atoms with E-state index < -0.39 is 5.60 Å². The Bertz CT molecular complexity index is 1150. The number of cyclic esters (lactones) is 1. The number of benzene rings is 3. The van der Waals surface area contributed by atoms with E-state index in [0.29, 0.717) is 11.1 Å². The zero-order valence-electron chi connectivity index (χ0n) is 20.9. The predicted molar refractivity (Wildman–Crippen MR) is 138 cm³/mol. The Morgan fingerprint density at radius 3 is 1.97 bits per heavy atom. The van der Waals surface area contributed by atoms with E-state index >= 15 is 0 Å². The van der Waals surface area contributed by atoms with E-state index in [-0.39, 0.29) is 35.8 Å². The summed E-state index contributed by atoms with van der Waals surface area (Å²) >= 11 is 0. The van der Waals surface area contributed by atoms with Crippen LogP contribution in [-0.2, 0) is 10.3 Å². The first kappa shape index (κ1) is 25.4. The number of aliphatic hydroxyl groups is 1. The van der Waals surface area contributed by atoms with Crippen LogP contribution in [0, 0.1) is 17.6 Å². The molecule has 3 aromatic carbocycles. The molecule has 2 heterocycles. The summed E-state index contributed by atoms with van der Waals surface area (Å²) in [4.78, 5) is 16.6. The minimum atomic E-state index is -1.35. The van der Waals surface area contributed by atoms with Crippen LogP contribution >= 0.6 is 0 Å². The summed E-state index contributed by atoms with van der Waals surface area (Å²) in [6, 6.07) is 21.3. The van der Waals surface area contributed by atoms with Crippen molar-refractivity contribution in [1.82, 2.24) is 4.90 Å². The van der Waals surface area contributed by atoms with Gasteiger partial charge in [-0.3, -0.25) is 4.90 Å². The lowest BCUT2D eigenvalue weighted by Crippen LogP contribution is -2.45. The Balaban J connectivity index is 1.24. The van der Waals surface area contributed by atoms with Crippen LogP contribution in [0.5, 0.6) is 0 Å². The van der Waals surface area contributed by atoms with Gasteiger partial charge in [0, 0.05) is 12.2 Å². The quantitative estimate of drug-likeness (QED) is 0.446. The lowest BCUT2D eigenvalue weighted by molar-refractivity contribution is -0.0157. The van der Waals surface area contributed by atoms with Crippen molar-refractivity contribution in [3.05, 3.63) is 102 Å². The van der Waals surface area contributed by atoms with Crippen LogP contribution in [0.15, 0.2) is 78.9 Å². The fraction of sp³-hybridized carbons (Fsp3) is 0.367. The fourth-order valence-electron chi connectivity index (χ4n) is 5.78. The third-order valence-corrected chi connectivity index (χ3v) is 7.91. The van der Waals surface area contributed by atoms with E-state index in [1.54, 1.807) is 29.2 Å². The molecular formula is C30H32F2N2O3. The highest BCUT2D eigenvalue weighted by molar-refractivity contribution is 5.90. The Kier molecular flexibility index (Phi) is 7.26. The maximum atomic E-state index is 13.6. The van der Waals surface area contributed by atoms with Gasteiger partial charge in [-0.15, -0.1) is 0 Å². The highest BCUT2D eigenvalue weighted by Gasteiger charge is 2.43. The van der Waals surface area contributed by atoms with E-state index in [1.165, 1.54) is 24.3 Å². The smallest absolute Gasteiger partial charge is 0.415 e. The molecule has 0 aromatic heterocycles. The molecule has 0 saturated carbocycles. The van der Waals surface area contributed by atoms with Crippen LogP contribution in [0.3, 0.4) is 0 Å². The number of carbonyl (C=O) groups excluding carboxylic acids is 1. The predicted octanol–water partition coefficient (Wildman–Crippen LogP) is 5.72. The summed E-state index contributed by atoms with van der Waals surface area (Å²) in [5.41, 5.74) is 0.696. The van der Waals surface area contributed by atoms with Gasteiger partial charge in [0.05, 0.1) is 6.04 Å². The molecule has 5 rings (SSSR count). The number of anilines is 1. The lowest BCUT2D eigenvalue weighted by Gasteiger charge is -2.42. The molecule has 2 unspecified atom stereocenters. The molecule has 2 aliphatic heterocycles. The Morgan fingerprint density at radius 2 is 1.43 bits per heavy atom. The van der Waals surface area contributed by atoms with Crippen molar-refractivity contribution in [2.24, 2.45) is 5.92 Å². The highest BCUT2D eigenvalue weighted by Crippen LogP contribution is 2.42. The molecule has 2 fully saturated rings. The summed E-state index contributed by atoms with van der Waals surface area (Å²) in [6.07, 6.45) is 1.66. The van der Waals surface area contributed by atoms with Crippen molar-refractivity contribution < 1.29 is 23.4 Å².